The summed E-state index contributed by atoms with van der Waals surface area (Å²) in [5.74, 6) is 1.09. The Morgan fingerprint density at radius 2 is 1.92 bits per heavy atom. The Morgan fingerprint density at radius 1 is 1.20 bits per heavy atom. The van der Waals surface area contributed by atoms with Crippen molar-refractivity contribution in [1.82, 2.24) is 14.5 Å². The summed E-state index contributed by atoms with van der Waals surface area (Å²) >= 11 is 0. The normalized spacial score (nSPS) is 12.6. The molecule has 25 heavy (non-hydrogen) atoms. The Bertz CT molecular complexity index is 891. The third-order valence-corrected chi connectivity index (χ3v) is 4.22. The molecule has 2 heterocycles. The standard InChI is InChI=1S/C20H27N3O2/c1-6-25-11-16-22-18-17(13(2)3)21-15-10-8-7-9-14(15)19(18)23(16)12-20(4,5)24/h7-10,13,24H,6,11-12H2,1-5H3. The van der Waals surface area contributed by atoms with E-state index in [0.717, 1.165) is 33.5 Å². The summed E-state index contributed by atoms with van der Waals surface area (Å²) in [6, 6.07) is 8.12. The molecule has 0 saturated carbocycles. The average Bonchev–Trinajstić information content (AvgIpc) is 2.88. The van der Waals surface area contributed by atoms with Gasteiger partial charge in [-0.1, -0.05) is 32.0 Å². The van der Waals surface area contributed by atoms with Gasteiger partial charge >= 0.3 is 0 Å². The van der Waals surface area contributed by atoms with Crippen molar-refractivity contribution in [3.05, 3.63) is 35.8 Å². The van der Waals surface area contributed by atoms with Gasteiger partial charge in [-0.3, -0.25) is 4.98 Å². The predicted octanol–water partition coefficient (Wildman–Crippen LogP) is 4.02. The number of benzene rings is 1. The maximum absolute atomic E-state index is 10.4. The fourth-order valence-electron chi connectivity index (χ4n) is 3.17. The van der Waals surface area contributed by atoms with E-state index in [9.17, 15) is 5.11 Å². The van der Waals surface area contributed by atoms with E-state index in [4.69, 9.17) is 14.7 Å². The van der Waals surface area contributed by atoms with Crippen LogP contribution in [0.1, 0.15) is 52.1 Å². The molecular weight excluding hydrogens is 314 g/mol. The van der Waals surface area contributed by atoms with Crippen LogP contribution in [-0.2, 0) is 17.9 Å². The Balaban J connectivity index is 2.37. The minimum atomic E-state index is -0.850. The SMILES string of the molecule is CCOCc1nc2c(C(C)C)nc3ccccc3c2n1CC(C)(C)O. The van der Waals surface area contributed by atoms with Crippen LogP contribution in [0.5, 0.6) is 0 Å². The van der Waals surface area contributed by atoms with Crippen molar-refractivity contribution >= 4 is 21.9 Å². The zero-order valence-electron chi connectivity index (χ0n) is 15.7. The van der Waals surface area contributed by atoms with Crippen LogP contribution in [0.25, 0.3) is 21.9 Å². The number of aromatic nitrogens is 3. The second-order valence-electron chi connectivity index (χ2n) is 7.43. The lowest BCUT2D eigenvalue weighted by Crippen LogP contribution is -2.27. The Labute approximate surface area is 148 Å². The molecule has 134 valence electrons. The van der Waals surface area contributed by atoms with Gasteiger partial charge in [-0.15, -0.1) is 0 Å². The third-order valence-electron chi connectivity index (χ3n) is 4.22. The van der Waals surface area contributed by atoms with Crippen LogP contribution in [0.3, 0.4) is 0 Å². The van der Waals surface area contributed by atoms with Gasteiger partial charge in [-0.05, 0) is 32.8 Å². The summed E-state index contributed by atoms with van der Waals surface area (Å²) < 4.78 is 7.73. The highest BCUT2D eigenvalue weighted by Gasteiger charge is 2.23. The first-order chi connectivity index (χ1) is 11.8. The molecule has 0 unspecified atom stereocenters. The van der Waals surface area contributed by atoms with Crippen LogP contribution < -0.4 is 0 Å². The van der Waals surface area contributed by atoms with Gasteiger partial charge in [0.15, 0.2) is 0 Å². The number of para-hydroxylation sites is 1. The number of pyridine rings is 1. The number of ether oxygens (including phenoxy) is 1. The molecule has 5 heteroatoms. The van der Waals surface area contributed by atoms with E-state index in [1.165, 1.54) is 0 Å². The first kappa shape index (κ1) is 17.8. The molecule has 0 spiro atoms. The summed E-state index contributed by atoms with van der Waals surface area (Å²) in [7, 11) is 0. The molecule has 0 radical (unpaired) electrons. The first-order valence-electron chi connectivity index (χ1n) is 8.89. The highest BCUT2D eigenvalue weighted by Crippen LogP contribution is 2.32. The van der Waals surface area contributed by atoms with Crippen LogP contribution in [0, 0.1) is 0 Å². The zero-order valence-corrected chi connectivity index (χ0v) is 15.7. The number of hydrogen-bond acceptors (Lipinski definition) is 4. The van der Waals surface area contributed by atoms with Crippen molar-refractivity contribution in [3.8, 4) is 0 Å². The fraction of sp³-hybridized carbons (Fsp3) is 0.500. The molecule has 0 amide bonds. The molecule has 0 aliphatic carbocycles. The second-order valence-corrected chi connectivity index (χ2v) is 7.43. The Kier molecular flexibility index (Phi) is 4.80. The van der Waals surface area contributed by atoms with E-state index in [1.54, 1.807) is 0 Å². The maximum atomic E-state index is 10.4. The van der Waals surface area contributed by atoms with Gasteiger partial charge in [0.25, 0.3) is 0 Å². The molecule has 3 aromatic rings. The monoisotopic (exact) mass is 341 g/mol. The van der Waals surface area contributed by atoms with Gasteiger partial charge in [0.2, 0.25) is 0 Å². The summed E-state index contributed by atoms with van der Waals surface area (Å²) in [5, 5.41) is 11.5. The van der Waals surface area contributed by atoms with Crippen molar-refractivity contribution in [2.75, 3.05) is 6.61 Å². The summed E-state index contributed by atoms with van der Waals surface area (Å²) in [6.07, 6.45) is 0. The summed E-state index contributed by atoms with van der Waals surface area (Å²) in [6.45, 7) is 11.4. The van der Waals surface area contributed by atoms with E-state index in [0.29, 0.717) is 19.8 Å². The lowest BCUT2D eigenvalue weighted by molar-refractivity contribution is 0.0582. The van der Waals surface area contributed by atoms with Gasteiger partial charge < -0.3 is 14.4 Å². The largest absolute Gasteiger partial charge is 0.389 e. The predicted molar refractivity (Wildman–Crippen MR) is 101 cm³/mol. The topological polar surface area (TPSA) is 60.2 Å². The van der Waals surface area contributed by atoms with Crippen molar-refractivity contribution in [2.24, 2.45) is 0 Å². The van der Waals surface area contributed by atoms with Gasteiger partial charge in [-0.2, -0.15) is 0 Å². The van der Waals surface area contributed by atoms with Gasteiger partial charge in [0.05, 0.1) is 28.9 Å². The third kappa shape index (κ3) is 3.53. The number of nitrogens with zero attached hydrogens (tertiary/aromatic N) is 3. The van der Waals surface area contributed by atoms with Crippen molar-refractivity contribution in [2.45, 2.75) is 59.3 Å². The molecule has 1 N–H and O–H groups in total. The highest BCUT2D eigenvalue weighted by molar-refractivity contribution is 6.03. The van der Waals surface area contributed by atoms with E-state index in [-0.39, 0.29) is 5.92 Å². The van der Waals surface area contributed by atoms with Crippen LogP contribution in [0.2, 0.25) is 0 Å². The second kappa shape index (κ2) is 6.73. The van der Waals surface area contributed by atoms with Gasteiger partial charge in [-0.25, -0.2) is 4.98 Å². The number of aliphatic hydroxyl groups is 1. The lowest BCUT2D eigenvalue weighted by Gasteiger charge is -2.21. The van der Waals surface area contributed by atoms with E-state index in [1.807, 2.05) is 39.0 Å². The molecule has 0 fully saturated rings. The van der Waals surface area contributed by atoms with Crippen LogP contribution >= 0.6 is 0 Å². The van der Waals surface area contributed by atoms with Crippen molar-refractivity contribution < 1.29 is 9.84 Å². The van der Waals surface area contributed by atoms with Crippen molar-refractivity contribution in [3.63, 3.8) is 0 Å². The minimum absolute atomic E-state index is 0.262. The molecule has 0 aliphatic rings. The Morgan fingerprint density at radius 3 is 2.56 bits per heavy atom. The molecule has 0 bridgehead atoms. The Hall–Kier alpha value is -1.98. The molecule has 3 rings (SSSR count). The minimum Gasteiger partial charge on any atom is -0.389 e. The zero-order chi connectivity index (χ0) is 18.2. The number of fused-ring (bicyclic) bond motifs is 3. The smallest absolute Gasteiger partial charge is 0.136 e. The van der Waals surface area contributed by atoms with Gasteiger partial charge in [0.1, 0.15) is 17.9 Å². The number of rotatable bonds is 6. The van der Waals surface area contributed by atoms with Gasteiger partial charge in [0, 0.05) is 12.0 Å². The quantitative estimate of drug-likeness (QED) is 0.736. The molecule has 5 nitrogen and oxygen atoms in total. The van der Waals surface area contributed by atoms with Crippen LogP contribution in [0.15, 0.2) is 24.3 Å². The first-order valence-corrected chi connectivity index (χ1v) is 8.89. The summed E-state index contributed by atoms with van der Waals surface area (Å²) in [5.41, 5.74) is 3.04. The molecule has 1 aromatic carbocycles. The van der Waals surface area contributed by atoms with Crippen LogP contribution in [0.4, 0.5) is 0 Å². The molecule has 2 aromatic heterocycles. The molecule has 0 saturated heterocycles. The summed E-state index contributed by atoms with van der Waals surface area (Å²) in [4.78, 5) is 9.72. The van der Waals surface area contributed by atoms with Crippen LogP contribution in [-0.4, -0.2) is 31.8 Å². The fourth-order valence-corrected chi connectivity index (χ4v) is 3.17. The van der Waals surface area contributed by atoms with E-state index < -0.39 is 5.60 Å². The molecular formula is C20H27N3O2. The lowest BCUT2D eigenvalue weighted by atomic mass is 10.0. The number of imidazole rings is 1. The highest BCUT2D eigenvalue weighted by atomic mass is 16.5. The van der Waals surface area contributed by atoms with E-state index >= 15 is 0 Å². The van der Waals surface area contributed by atoms with Crippen molar-refractivity contribution in [1.29, 1.82) is 0 Å². The molecule has 0 aliphatic heterocycles. The van der Waals surface area contributed by atoms with E-state index in [2.05, 4.69) is 24.5 Å². The average molecular weight is 341 g/mol. The molecule has 0 atom stereocenters. The maximum Gasteiger partial charge on any atom is 0.136 e. The number of hydrogen-bond donors (Lipinski definition) is 1.